The van der Waals surface area contributed by atoms with Gasteiger partial charge in [0.1, 0.15) is 11.3 Å². The minimum Gasteiger partial charge on any atom is -0.352 e. The molecule has 5 aromatic rings. The van der Waals surface area contributed by atoms with E-state index in [2.05, 4.69) is 25.1 Å². The summed E-state index contributed by atoms with van der Waals surface area (Å²) in [5.41, 5.74) is 4.50. The van der Waals surface area contributed by atoms with Gasteiger partial charge in [0, 0.05) is 66.9 Å². The number of likely N-dealkylation sites (N-methyl/N-ethyl adjacent to an activating group) is 1. The minimum atomic E-state index is -0.515. The number of amides is 1. The molecular weight excluding hydrogens is 563 g/mol. The van der Waals surface area contributed by atoms with Crippen molar-refractivity contribution in [3.63, 3.8) is 0 Å². The molecule has 4 heterocycles. The second-order valence-corrected chi connectivity index (χ2v) is 11.5. The zero-order valence-electron chi connectivity index (χ0n) is 22.9. The third kappa shape index (κ3) is 5.16. The quantitative estimate of drug-likeness (QED) is 0.273. The number of halogens is 2. The van der Waals surface area contributed by atoms with Gasteiger partial charge in [0.15, 0.2) is 11.6 Å². The fourth-order valence-electron chi connectivity index (χ4n) is 5.15. The van der Waals surface area contributed by atoms with Crippen LogP contribution >= 0.6 is 22.9 Å². The summed E-state index contributed by atoms with van der Waals surface area (Å²) < 4.78 is 16.6. The molecule has 0 spiro atoms. The highest BCUT2D eigenvalue weighted by Crippen LogP contribution is 2.42. The zero-order chi connectivity index (χ0) is 28.7. The normalized spacial score (nSPS) is 14.3. The first kappa shape index (κ1) is 27.3. The SMILES string of the molecule is Cc1ccc2[nH]ncc2c1-c1c(Cl)cc2c(N3CCN(C(=O)/C=C/CN(C)C)CC3)nc(-c3cncs3)nc2c1F. The molecule has 1 aliphatic heterocycles. The summed E-state index contributed by atoms with van der Waals surface area (Å²) in [6, 6.07) is 5.58. The lowest BCUT2D eigenvalue weighted by atomic mass is 9.95. The second-order valence-electron chi connectivity index (χ2n) is 10.2. The Bertz CT molecular complexity index is 1780. The summed E-state index contributed by atoms with van der Waals surface area (Å²) in [6.07, 6.45) is 6.85. The molecule has 2 aromatic carbocycles. The van der Waals surface area contributed by atoms with Gasteiger partial charge in [0.25, 0.3) is 0 Å². The highest BCUT2D eigenvalue weighted by Gasteiger charge is 2.27. The molecule has 1 amide bonds. The van der Waals surface area contributed by atoms with E-state index in [0.717, 1.165) is 21.3 Å². The van der Waals surface area contributed by atoms with Gasteiger partial charge >= 0.3 is 0 Å². The number of aromatic nitrogens is 5. The van der Waals surface area contributed by atoms with E-state index in [-0.39, 0.29) is 22.0 Å². The molecule has 6 rings (SSSR count). The number of anilines is 1. The first-order chi connectivity index (χ1) is 19.8. The Kier molecular flexibility index (Phi) is 7.41. The Balaban J connectivity index is 1.43. The molecule has 3 aromatic heterocycles. The number of carbonyl (C=O) groups excluding carboxylic acids is 1. The molecule has 1 saturated heterocycles. The van der Waals surface area contributed by atoms with E-state index in [1.807, 2.05) is 49.0 Å². The molecule has 0 atom stereocenters. The van der Waals surface area contributed by atoms with Crippen molar-refractivity contribution in [2.24, 2.45) is 0 Å². The van der Waals surface area contributed by atoms with Crippen LogP contribution in [-0.2, 0) is 4.79 Å². The molecule has 1 aliphatic rings. The van der Waals surface area contributed by atoms with Crippen LogP contribution in [0.3, 0.4) is 0 Å². The van der Waals surface area contributed by atoms with Crippen LogP contribution < -0.4 is 4.90 Å². The Labute approximate surface area is 245 Å². The largest absolute Gasteiger partial charge is 0.352 e. The molecular formula is C29H28ClFN8OS. The van der Waals surface area contributed by atoms with Crippen LogP contribution in [0.2, 0.25) is 5.02 Å². The number of aryl methyl sites for hydroxylation is 1. The Morgan fingerprint density at radius 2 is 1.95 bits per heavy atom. The maximum atomic E-state index is 16.6. The first-order valence-electron chi connectivity index (χ1n) is 13.2. The molecule has 0 unspecified atom stereocenters. The molecule has 41 heavy (non-hydrogen) atoms. The van der Waals surface area contributed by atoms with Gasteiger partial charge in [-0.1, -0.05) is 23.7 Å². The van der Waals surface area contributed by atoms with Gasteiger partial charge < -0.3 is 14.7 Å². The number of fused-ring (bicyclic) bond motifs is 2. The van der Waals surface area contributed by atoms with E-state index in [1.54, 1.807) is 30.0 Å². The molecule has 9 nitrogen and oxygen atoms in total. The Morgan fingerprint density at radius 1 is 1.15 bits per heavy atom. The average Bonchev–Trinajstić information content (AvgIpc) is 3.67. The summed E-state index contributed by atoms with van der Waals surface area (Å²) in [4.78, 5) is 33.0. The Hall–Kier alpha value is -3.93. The second kappa shape index (κ2) is 11.2. The average molecular weight is 591 g/mol. The first-order valence-corrected chi connectivity index (χ1v) is 14.4. The number of thiazole rings is 1. The summed E-state index contributed by atoms with van der Waals surface area (Å²) in [7, 11) is 3.91. The van der Waals surface area contributed by atoms with Gasteiger partial charge in [-0.25, -0.2) is 14.4 Å². The lowest BCUT2D eigenvalue weighted by molar-refractivity contribution is -0.126. The van der Waals surface area contributed by atoms with Crippen molar-refractivity contribution in [3.05, 3.63) is 64.7 Å². The van der Waals surface area contributed by atoms with Crippen molar-refractivity contribution < 1.29 is 9.18 Å². The number of rotatable bonds is 6. The van der Waals surface area contributed by atoms with E-state index in [9.17, 15) is 4.79 Å². The third-order valence-electron chi connectivity index (χ3n) is 7.22. The monoisotopic (exact) mass is 590 g/mol. The third-order valence-corrected chi connectivity index (χ3v) is 8.29. The summed E-state index contributed by atoms with van der Waals surface area (Å²) in [6.45, 7) is 4.73. The highest BCUT2D eigenvalue weighted by molar-refractivity contribution is 7.13. The summed E-state index contributed by atoms with van der Waals surface area (Å²) in [5, 5.41) is 8.67. The van der Waals surface area contributed by atoms with Crippen molar-refractivity contribution in [2.75, 3.05) is 51.7 Å². The molecule has 0 saturated carbocycles. The van der Waals surface area contributed by atoms with Crippen LogP contribution in [0.15, 0.2) is 48.3 Å². The lowest BCUT2D eigenvalue weighted by Crippen LogP contribution is -2.48. The number of benzene rings is 2. The van der Waals surface area contributed by atoms with Crippen LogP contribution in [0.25, 0.3) is 43.6 Å². The number of hydrogen-bond donors (Lipinski definition) is 1. The predicted molar refractivity (Wildman–Crippen MR) is 162 cm³/mol. The number of piperazine rings is 1. The van der Waals surface area contributed by atoms with E-state index < -0.39 is 5.82 Å². The van der Waals surface area contributed by atoms with Gasteiger partial charge in [0.05, 0.1) is 27.1 Å². The van der Waals surface area contributed by atoms with Gasteiger partial charge in [0.2, 0.25) is 5.91 Å². The fraction of sp³-hybridized carbons (Fsp3) is 0.276. The van der Waals surface area contributed by atoms with E-state index in [1.165, 1.54) is 11.3 Å². The van der Waals surface area contributed by atoms with Crippen molar-refractivity contribution in [2.45, 2.75) is 6.92 Å². The summed E-state index contributed by atoms with van der Waals surface area (Å²) in [5.74, 6) is 0.440. The van der Waals surface area contributed by atoms with E-state index >= 15 is 4.39 Å². The molecule has 0 aliphatic carbocycles. The molecule has 1 fully saturated rings. The van der Waals surface area contributed by atoms with Crippen LogP contribution in [0.5, 0.6) is 0 Å². The smallest absolute Gasteiger partial charge is 0.246 e. The predicted octanol–water partition coefficient (Wildman–Crippen LogP) is 5.16. The summed E-state index contributed by atoms with van der Waals surface area (Å²) >= 11 is 8.24. The van der Waals surface area contributed by atoms with Crippen LogP contribution in [-0.4, -0.2) is 87.7 Å². The highest BCUT2D eigenvalue weighted by atomic mass is 35.5. The number of carbonyl (C=O) groups is 1. The van der Waals surface area contributed by atoms with Gasteiger partial charge in [-0.05, 0) is 38.7 Å². The molecule has 0 bridgehead atoms. The van der Waals surface area contributed by atoms with E-state index in [4.69, 9.17) is 16.6 Å². The lowest BCUT2D eigenvalue weighted by Gasteiger charge is -2.35. The molecule has 1 N–H and O–H groups in total. The maximum absolute atomic E-state index is 16.6. The number of aromatic amines is 1. The molecule has 0 radical (unpaired) electrons. The number of hydrogen-bond acceptors (Lipinski definition) is 8. The number of nitrogens with zero attached hydrogens (tertiary/aromatic N) is 7. The zero-order valence-corrected chi connectivity index (χ0v) is 24.4. The molecule has 12 heteroatoms. The maximum Gasteiger partial charge on any atom is 0.246 e. The minimum absolute atomic E-state index is 0.0214. The van der Waals surface area contributed by atoms with Crippen LogP contribution in [0, 0.1) is 12.7 Å². The van der Waals surface area contributed by atoms with Crippen LogP contribution in [0.1, 0.15) is 5.56 Å². The number of H-pyrrole nitrogens is 1. The van der Waals surface area contributed by atoms with Crippen molar-refractivity contribution in [1.82, 2.24) is 34.9 Å². The molecule has 210 valence electrons. The van der Waals surface area contributed by atoms with Crippen molar-refractivity contribution in [3.8, 4) is 21.8 Å². The Morgan fingerprint density at radius 3 is 2.68 bits per heavy atom. The van der Waals surface area contributed by atoms with Gasteiger partial charge in [-0.2, -0.15) is 5.10 Å². The van der Waals surface area contributed by atoms with Gasteiger partial charge in [-0.3, -0.25) is 14.9 Å². The van der Waals surface area contributed by atoms with Crippen molar-refractivity contribution >= 4 is 56.5 Å². The fourth-order valence-corrected chi connectivity index (χ4v) is 5.99. The standard InChI is InChI=1S/C29H28ClFN8OS/c1-17-6-7-21-19(14-33-36-21)24(17)25-20(30)13-18-27(26(25)31)34-28(22-15-32-16-41-22)35-29(18)39-11-9-38(10-12-39)23(40)5-4-8-37(2)3/h4-7,13-16H,8-12H2,1-3H3,(H,33,36)/b5-4+. The van der Waals surface area contributed by atoms with E-state index in [0.29, 0.717) is 55.3 Å². The van der Waals surface area contributed by atoms with Gasteiger partial charge in [-0.15, -0.1) is 11.3 Å². The topological polar surface area (TPSA) is 94.1 Å². The number of nitrogens with one attached hydrogen (secondary N) is 1. The van der Waals surface area contributed by atoms with Crippen LogP contribution in [0.4, 0.5) is 10.2 Å². The van der Waals surface area contributed by atoms with Crippen molar-refractivity contribution in [1.29, 1.82) is 0 Å².